The van der Waals surface area contributed by atoms with Gasteiger partial charge in [0, 0.05) is 4.90 Å². The maximum Gasteiger partial charge on any atom is 0.134 e. The molecule has 0 radical (unpaired) electrons. The quantitative estimate of drug-likeness (QED) is 0.673. The maximum atomic E-state index is 9.71. The minimum Gasteiger partial charge on any atom is -0.377 e. The molecule has 2 rings (SSSR count). The van der Waals surface area contributed by atoms with E-state index in [9.17, 15) is 5.11 Å². The van der Waals surface area contributed by atoms with Crippen LogP contribution < -0.4 is 0 Å². The number of hydrogen-bond acceptors (Lipinski definition) is 2. The zero-order chi connectivity index (χ0) is 13.3. The summed E-state index contributed by atoms with van der Waals surface area (Å²) in [6.07, 6.45) is 2.82. The summed E-state index contributed by atoms with van der Waals surface area (Å²) in [6, 6.07) is 19.7. The molecule has 0 saturated carbocycles. The summed E-state index contributed by atoms with van der Waals surface area (Å²) in [6.45, 7) is 0. The summed E-state index contributed by atoms with van der Waals surface area (Å²) in [5.41, 5.74) is 1.05. The monoisotopic (exact) mass is 266 g/mol. The van der Waals surface area contributed by atoms with E-state index in [2.05, 4.69) is 11.2 Å². The Morgan fingerprint density at radius 1 is 0.947 bits per heavy atom. The lowest BCUT2D eigenvalue weighted by Gasteiger charge is -1.95. The third-order valence-corrected chi connectivity index (χ3v) is 3.12. The molecule has 2 aromatic rings. The summed E-state index contributed by atoms with van der Waals surface area (Å²) in [7, 11) is 0. The van der Waals surface area contributed by atoms with Gasteiger partial charge >= 0.3 is 0 Å². The van der Waals surface area contributed by atoms with Crippen molar-refractivity contribution in [3.05, 3.63) is 72.3 Å². The minimum atomic E-state index is -0.739. The van der Waals surface area contributed by atoms with Crippen molar-refractivity contribution in [2.24, 2.45) is 0 Å². The van der Waals surface area contributed by atoms with E-state index in [1.807, 2.05) is 66.7 Å². The van der Waals surface area contributed by atoms with Gasteiger partial charge in [-0.3, -0.25) is 0 Å². The average molecular weight is 266 g/mol. The van der Waals surface area contributed by atoms with Gasteiger partial charge in [0.25, 0.3) is 0 Å². The van der Waals surface area contributed by atoms with Gasteiger partial charge in [-0.2, -0.15) is 0 Å². The maximum absolute atomic E-state index is 9.71. The first-order valence-electron chi connectivity index (χ1n) is 5.98. The molecule has 1 N–H and O–H groups in total. The van der Waals surface area contributed by atoms with Crippen molar-refractivity contribution in [1.29, 1.82) is 0 Å². The standard InChI is InChI=1S/C17H14OS/c18-16(12-11-15-7-3-1-4-8-15)13-14-19-17-9-5-2-6-10-17/h1-12,16,18H/b12-11+. The fraction of sp³-hybridized carbons (Fsp3) is 0.0588. The summed E-state index contributed by atoms with van der Waals surface area (Å²) in [4.78, 5) is 1.08. The Balaban J connectivity index is 1.88. The number of aliphatic hydroxyl groups excluding tert-OH is 1. The van der Waals surface area contributed by atoms with Gasteiger partial charge in [0.05, 0.1) is 0 Å². The zero-order valence-corrected chi connectivity index (χ0v) is 11.2. The fourth-order valence-electron chi connectivity index (χ4n) is 1.45. The Bertz CT molecular complexity index is 579. The molecule has 0 aliphatic rings. The zero-order valence-electron chi connectivity index (χ0n) is 10.4. The molecule has 0 aromatic heterocycles. The third-order valence-electron chi connectivity index (χ3n) is 2.39. The Labute approximate surface area is 118 Å². The topological polar surface area (TPSA) is 20.2 Å². The normalized spacial score (nSPS) is 11.8. The van der Waals surface area contributed by atoms with Crippen LogP contribution in [0.2, 0.25) is 0 Å². The van der Waals surface area contributed by atoms with E-state index < -0.39 is 6.10 Å². The number of thioether (sulfide) groups is 1. The van der Waals surface area contributed by atoms with Crippen molar-refractivity contribution in [3.63, 3.8) is 0 Å². The van der Waals surface area contributed by atoms with Crippen LogP contribution in [0.25, 0.3) is 6.08 Å². The molecule has 0 heterocycles. The molecule has 0 fully saturated rings. The van der Waals surface area contributed by atoms with Crippen LogP contribution in [0, 0.1) is 11.2 Å². The molecule has 1 unspecified atom stereocenters. The second-order valence-corrected chi connectivity index (χ2v) is 4.76. The highest BCUT2D eigenvalue weighted by molar-refractivity contribution is 8.03. The predicted octanol–water partition coefficient (Wildman–Crippen LogP) is 3.81. The van der Waals surface area contributed by atoms with E-state index in [4.69, 9.17) is 0 Å². The number of hydrogen-bond donors (Lipinski definition) is 1. The Morgan fingerprint density at radius 3 is 2.26 bits per heavy atom. The van der Waals surface area contributed by atoms with E-state index >= 15 is 0 Å². The van der Waals surface area contributed by atoms with E-state index in [0.29, 0.717) is 0 Å². The molecular formula is C17H14OS. The number of aliphatic hydroxyl groups is 1. The van der Waals surface area contributed by atoms with Crippen molar-refractivity contribution in [1.82, 2.24) is 0 Å². The number of benzene rings is 2. The molecular weight excluding hydrogens is 252 g/mol. The van der Waals surface area contributed by atoms with E-state index in [1.165, 1.54) is 11.8 Å². The van der Waals surface area contributed by atoms with Crippen LogP contribution in [0.5, 0.6) is 0 Å². The van der Waals surface area contributed by atoms with Crippen molar-refractivity contribution in [2.45, 2.75) is 11.0 Å². The summed E-state index contributed by atoms with van der Waals surface area (Å²) >= 11 is 1.42. The molecule has 0 spiro atoms. The van der Waals surface area contributed by atoms with Crippen LogP contribution in [0.4, 0.5) is 0 Å². The highest BCUT2D eigenvalue weighted by Crippen LogP contribution is 2.14. The molecule has 0 bridgehead atoms. The lowest BCUT2D eigenvalue weighted by Crippen LogP contribution is -1.95. The van der Waals surface area contributed by atoms with Crippen LogP contribution in [0.15, 0.2) is 71.6 Å². The van der Waals surface area contributed by atoms with Gasteiger partial charge in [0.15, 0.2) is 0 Å². The molecule has 0 aliphatic heterocycles. The Morgan fingerprint density at radius 2 is 1.58 bits per heavy atom. The van der Waals surface area contributed by atoms with Gasteiger partial charge in [-0.25, -0.2) is 0 Å². The van der Waals surface area contributed by atoms with Gasteiger partial charge in [0.1, 0.15) is 6.10 Å². The summed E-state index contributed by atoms with van der Waals surface area (Å²) < 4.78 is 0. The largest absolute Gasteiger partial charge is 0.377 e. The van der Waals surface area contributed by atoms with Gasteiger partial charge in [-0.05, 0) is 40.8 Å². The molecule has 1 nitrogen and oxygen atoms in total. The van der Waals surface area contributed by atoms with Crippen LogP contribution >= 0.6 is 11.8 Å². The lowest BCUT2D eigenvalue weighted by molar-refractivity contribution is 0.281. The minimum absolute atomic E-state index is 0.739. The van der Waals surface area contributed by atoms with Crippen molar-refractivity contribution < 1.29 is 5.11 Å². The van der Waals surface area contributed by atoms with Gasteiger partial charge in [-0.15, -0.1) is 0 Å². The van der Waals surface area contributed by atoms with Gasteiger partial charge in [0.2, 0.25) is 0 Å². The SMILES string of the molecule is OC(C#CSc1ccccc1)/C=C/c1ccccc1. The molecule has 19 heavy (non-hydrogen) atoms. The van der Waals surface area contributed by atoms with Crippen molar-refractivity contribution in [3.8, 4) is 11.2 Å². The molecule has 1 atom stereocenters. The third kappa shape index (κ3) is 5.05. The Kier molecular flexibility index (Phi) is 5.31. The summed E-state index contributed by atoms with van der Waals surface area (Å²) in [5, 5.41) is 12.6. The van der Waals surface area contributed by atoms with Crippen LogP contribution in [0.3, 0.4) is 0 Å². The smallest absolute Gasteiger partial charge is 0.134 e. The average Bonchev–Trinajstić information content (AvgIpc) is 2.47. The highest BCUT2D eigenvalue weighted by atomic mass is 32.2. The molecule has 0 saturated heterocycles. The van der Waals surface area contributed by atoms with Crippen LogP contribution in [-0.2, 0) is 0 Å². The molecule has 0 amide bonds. The van der Waals surface area contributed by atoms with Crippen molar-refractivity contribution >= 4 is 17.8 Å². The second-order valence-electron chi connectivity index (χ2n) is 3.88. The lowest BCUT2D eigenvalue weighted by atomic mass is 10.2. The first-order valence-corrected chi connectivity index (χ1v) is 6.80. The molecule has 94 valence electrons. The van der Waals surface area contributed by atoms with E-state index in [0.717, 1.165) is 10.5 Å². The fourth-order valence-corrected chi connectivity index (χ4v) is 2.04. The van der Waals surface area contributed by atoms with Crippen LogP contribution in [0.1, 0.15) is 5.56 Å². The van der Waals surface area contributed by atoms with Crippen LogP contribution in [-0.4, -0.2) is 11.2 Å². The molecule has 2 aromatic carbocycles. The first-order chi connectivity index (χ1) is 9.34. The highest BCUT2D eigenvalue weighted by Gasteiger charge is 1.92. The molecule has 0 aliphatic carbocycles. The molecule has 2 heteroatoms. The predicted molar refractivity (Wildman–Crippen MR) is 81.6 cm³/mol. The van der Waals surface area contributed by atoms with Gasteiger partial charge in [-0.1, -0.05) is 60.5 Å². The van der Waals surface area contributed by atoms with Crippen molar-refractivity contribution in [2.75, 3.05) is 0 Å². The van der Waals surface area contributed by atoms with E-state index in [1.54, 1.807) is 6.08 Å². The van der Waals surface area contributed by atoms with Gasteiger partial charge < -0.3 is 5.11 Å². The van der Waals surface area contributed by atoms with E-state index in [-0.39, 0.29) is 0 Å². The summed E-state index contributed by atoms with van der Waals surface area (Å²) in [5.74, 6) is 2.78. The first kappa shape index (κ1) is 13.5. The Hall–Kier alpha value is -1.95. The second kappa shape index (κ2) is 7.48. The number of rotatable bonds is 3.